The van der Waals surface area contributed by atoms with E-state index in [1.54, 1.807) is 0 Å². The van der Waals surface area contributed by atoms with Gasteiger partial charge in [0.25, 0.3) is 5.69 Å². The lowest BCUT2D eigenvalue weighted by atomic mass is 10.3. The zero-order valence-electron chi connectivity index (χ0n) is 5.84. The van der Waals surface area contributed by atoms with Gasteiger partial charge in [-0.3, -0.25) is 10.1 Å². The lowest BCUT2D eigenvalue weighted by molar-refractivity contribution is -0.384. The van der Waals surface area contributed by atoms with Gasteiger partial charge in [0.2, 0.25) is 0 Å². The van der Waals surface area contributed by atoms with Crippen molar-refractivity contribution in [2.45, 2.75) is 4.90 Å². The van der Waals surface area contributed by atoms with E-state index in [9.17, 15) is 14.3 Å². The maximum Gasteiger partial charge on any atom is 0.269 e. The van der Waals surface area contributed by atoms with E-state index < -0.39 is 16.0 Å². The van der Waals surface area contributed by atoms with Crippen molar-refractivity contribution in [1.29, 1.82) is 0 Å². The molecule has 0 aliphatic rings. The van der Waals surface area contributed by atoms with Crippen LogP contribution in [0, 0.1) is 10.1 Å². The summed E-state index contributed by atoms with van der Waals surface area (Å²) < 4.78 is 19.0. The van der Waals surface area contributed by atoms with Crippen molar-refractivity contribution in [1.82, 2.24) is 0 Å². The molecular weight excluding hydrogens is 182 g/mol. The van der Waals surface area contributed by atoms with Crippen molar-refractivity contribution in [3.8, 4) is 0 Å². The average molecular weight is 187 g/mol. The Labute approximate surface area is 70.5 Å². The molecule has 0 fully saturated rings. The van der Waals surface area contributed by atoms with Crippen molar-refractivity contribution in [3.63, 3.8) is 0 Å². The largest absolute Gasteiger partial charge is 0.302 e. The normalized spacial score (nSPS) is 12.4. The second-order valence-corrected chi connectivity index (χ2v) is 2.97. The molecule has 0 spiro atoms. The van der Waals surface area contributed by atoms with E-state index in [0.717, 1.165) is 0 Å². The molecular formula is C6H5NO4S. The highest BCUT2D eigenvalue weighted by Crippen LogP contribution is 2.13. The molecule has 1 aromatic rings. The van der Waals surface area contributed by atoms with Gasteiger partial charge in [0.15, 0.2) is 11.1 Å². The summed E-state index contributed by atoms with van der Waals surface area (Å²) in [6.07, 6.45) is 0. The molecule has 0 aliphatic carbocycles. The van der Waals surface area contributed by atoms with E-state index in [4.69, 9.17) is 4.55 Å². The second kappa shape index (κ2) is 3.42. The minimum absolute atomic E-state index is 0.0933. The lowest BCUT2D eigenvalue weighted by Gasteiger charge is -1.92. The Morgan fingerprint density at radius 2 is 1.83 bits per heavy atom. The van der Waals surface area contributed by atoms with E-state index in [1.807, 2.05) is 0 Å². The zero-order valence-corrected chi connectivity index (χ0v) is 6.65. The maximum atomic E-state index is 10.4. The molecule has 0 bridgehead atoms. The van der Waals surface area contributed by atoms with Gasteiger partial charge < -0.3 is 4.55 Å². The van der Waals surface area contributed by atoms with Crippen LogP contribution in [-0.2, 0) is 11.1 Å². The number of nitro benzene ring substituents is 1. The van der Waals surface area contributed by atoms with Crippen LogP contribution in [0.25, 0.3) is 0 Å². The molecule has 0 aromatic heterocycles. The fourth-order valence-electron chi connectivity index (χ4n) is 0.684. The molecule has 1 atom stereocenters. The maximum absolute atomic E-state index is 10.4. The minimum Gasteiger partial charge on any atom is -0.302 e. The molecule has 1 N–H and O–H groups in total. The Kier molecular flexibility index (Phi) is 2.51. The molecule has 0 radical (unpaired) electrons. The third-order valence-electron chi connectivity index (χ3n) is 1.25. The number of nitrogens with zero attached hydrogens (tertiary/aromatic N) is 1. The van der Waals surface area contributed by atoms with E-state index in [1.165, 1.54) is 24.3 Å². The molecule has 0 aliphatic heterocycles. The van der Waals surface area contributed by atoms with Gasteiger partial charge in [-0.05, 0) is 12.1 Å². The first-order valence-corrected chi connectivity index (χ1v) is 4.07. The topological polar surface area (TPSA) is 80.4 Å². The van der Waals surface area contributed by atoms with Gasteiger partial charge in [-0.25, -0.2) is 4.21 Å². The average Bonchev–Trinajstić information content (AvgIpc) is 2.04. The molecule has 64 valence electrons. The fraction of sp³-hybridized carbons (Fsp3) is 0. The van der Waals surface area contributed by atoms with Crippen LogP contribution >= 0.6 is 0 Å². The summed E-state index contributed by atoms with van der Waals surface area (Å²) >= 11 is -2.07. The smallest absolute Gasteiger partial charge is 0.269 e. The lowest BCUT2D eigenvalue weighted by Crippen LogP contribution is -1.90. The van der Waals surface area contributed by atoms with Crippen LogP contribution in [0.5, 0.6) is 0 Å². The van der Waals surface area contributed by atoms with E-state index in [2.05, 4.69) is 0 Å². The quantitative estimate of drug-likeness (QED) is 0.428. The van der Waals surface area contributed by atoms with Crippen LogP contribution in [0.3, 0.4) is 0 Å². The predicted octanol–water partition coefficient (Wildman–Crippen LogP) is 1.18. The standard InChI is InChI=1S/C6H5NO4S/c8-7(9)5-1-3-6(4-2-5)12(10)11/h1-4H,(H,10,11). The second-order valence-electron chi connectivity index (χ2n) is 2.00. The summed E-state index contributed by atoms with van der Waals surface area (Å²) in [6, 6.07) is 4.86. The Morgan fingerprint density at radius 1 is 1.33 bits per heavy atom. The number of non-ortho nitro benzene ring substituents is 1. The summed E-state index contributed by atoms with van der Waals surface area (Å²) in [5.41, 5.74) is -0.0933. The SMILES string of the molecule is O=[N+]([O-])c1ccc(S(=O)O)cc1. The third kappa shape index (κ3) is 1.86. The molecule has 0 heterocycles. The Hall–Kier alpha value is -1.27. The summed E-state index contributed by atoms with van der Waals surface area (Å²) in [7, 11) is 0. The molecule has 1 aromatic carbocycles. The van der Waals surface area contributed by atoms with Crippen molar-refractivity contribution in [2.75, 3.05) is 0 Å². The summed E-state index contributed by atoms with van der Waals surface area (Å²) in [5, 5.41) is 10.1. The Balaban J connectivity index is 3.01. The van der Waals surface area contributed by atoms with Gasteiger partial charge in [0.05, 0.1) is 9.82 Å². The zero-order chi connectivity index (χ0) is 9.14. The molecule has 6 heteroatoms. The molecule has 12 heavy (non-hydrogen) atoms. The summed E-state index contributed by atoms with van der Waals surface area (Å²) in [6.45, 7) is 0. The van der Waals surface area contributed by atoms with Crippen molar-refractivity contribution >= 4 is 16.8 Å². The van der Waals surface area contributed by atoms with Gasteiger partial charge in [0, 0.05) is 12.1 Å². The van der Waals surface area contributed by atoms with Gasteiger partial charge in [-0.15, -0.1) is 0 Å². The fourth-order valence-corrected chi connectivity index (χ4v) is 1.05. The van der Waals surface area contributed by atoms with Crippen LogP contribution in [-0.4, -0.2) is 13.7 Å². The third-order valence-corrected chi connectivity index (χ3v) is 1.92. The van der Waals surface area contributed by atoms with Crippen LogP contribution in [0.1, 0.15) is 0 Å². The van der Waals surface area contributed by atoms with Crippen LogP contribution in [0.15, 0.2) is 29.2 Å². The first-order chi connectivity index (χ1) is 5.61. The molecule has 5 nitrogen and oxygen atoms in total. The number of nitro groups is 1. The Bertz CT molecular complexity index is 288. The highest BCUT2D eigenvalue weighted by Gasteiger charge is 2.05. The van der Waals surface area contributed by atoms with E-state index in [0.29, 0.717) is 0 Å². The first kappa shape index (κ1) is 8.82. The van der Waals surface area contributed by atoms with Crippen molar-refractivity contribution < 1.29 is 13.7 Å². The molecule has 0 saturated heterocycles. The van der Waals surface area contributed by atoms with Gasteiger partial charge >= 0.3 is 0 Å². The van der Waals surface area contributed by atoms with E-state index >= 15 is 0 Å². The van der Waals surface area contributed by atoms with Crippen LogP contribution in [0.2, 0.25) is 0 Å². The molecule has 0 amide bonds. The number of hydrogen-bond donors (Lipinski definition) is 1. The van der Waals surface area contributed by atoms with Crippen LogP contribution in [0.4, 0.5) is 5.69 Å². The molecule has 0 saturated carbocycles. The monoisotopic (exact) mass is 187 g/mol. The number of hydrogen-bond acceptors (Lipinski definition) is 3. The van der Waals surface area contributed by atoms with Crippen molar-refractivity contribution in [2.24, 2.45) is 0 Å². The summed E-state index contributed by atoms with van der Waals surface area (Å²) in [4.78, 5) is 9.74. The van der Waals surface area contributed by atoms with Gasteiger partial charge in [0.1, 0.15) is 0 Å². The van der Waals surface area contributed by atoms with Gasteiger partial charge in [-0.2, -0.15) is 0 Å². The minimum atomic E-state index is -2.07. The summed E-state index contributed by atoms with van der Waals surface area (Å²) in [5.74, 6) is 0. The number of benzene rings is 1. The molecule has 1 unspecified atom stereocenters. The Morgan fingerprint density at radius 3 is 2.17 bits per heavy atom. The van der Waals surface area contributed by atoms with E-state index in [-0.39, 0.29) is 10.6 Å². The first-order valence-electron chi connectivity index (χ1n) is 2.96. The van der Waals surface area contributed by atoms with Crippen LogP contribution < -0.4 is 0 Å². The van der Waals surface area contributed by atoms with Crippen molar-refractivity contribution in [3.05, 3.63) is 34.4 Å². The highest BCUT2D eigenvalue weighted by molar-refractivity contribution is 7.79. The predicted molar refractivity (Wildman–Crippen MR) is 42.1 cm³/mol. The van der Waals surface area contributed by atoms with Gasteiger partial charge in [-0.1, -0.05) is 0 Å². The number of rotatable bonds is 2. The molecule has 1 rings (SSSR count). The highest BCUT2D eigenvalue weighted by atomic mass is 32.2.